The van der Waals surface area contributed by atoms with E-state index in [1.165, 1.54) is 12.3 Å². The van der Waals surface area contributed by atoms with Gasteiger partial charge in [0.05, 0.1) is 17.7 Å². The van der Waals surface area contributed by atoms with Gasteiger partial charge in [0, 0.05) is 16.5 Å². The van der Waals surface area contributed by atoms with Crippen molar-refractivity contribution in [1.82, 2.24) is 5.43 Å². The number of phenols is 1. The molecule has 0 unspecified atom stereocenters. The summed E-state index contributed by atoms with van der Waals surface area (Å²) in [6.45, 7) is 0. The maximum atomic E-state index is 11.7. The standard InChI is InChI=1S/C13H15BrN2O4S/c14-11-1-2-12(17)10(6-11)7-15-16-13(18)5-9-3-4-21(19,20)8-9/h1-2,6-7,9,17H,3-5,8H2,(H,16,18)/b15-7+/t9-/m0/s1. The Morgan fingerprint density at radius 1 is 1.52 bits per heavy atom. The molecule has 1 aliphatic rings. The van der Waals surface area contributed by atoms with Crippen LogP contribution >= 0.6 is 15.9 Å². The quantitative estimate of drug-likeness (QED) is 0.615. The highest BCUT2D eigenvalue weighted by atomic mass is 79.9. The largest absolute Gasteiger partial charge is 0.507 e. The van der Waals surface area contributed by atoms with Crippen LogP contribution in [0.3, 0.4) is 0 Å². The molecule has 1 aliphatic heterocycles. The number of benzene rings is 1. The number of carbonyl (C=O) groups excluding carboxylic acids is 1. The zero-order chi connectivity index (χ0) is 15.5. The van der Waals surface area contributed by atoms with Gasteiger partial charge in [-0.05, 0) is 30.5 Å². The molecule has 8 heteroatoms. The van der Waals surface area contributed by atoms with Gasteiger partial charge in [0.2, 0.25) is 5.91 Å². The summed E-state index contributed by atoms with van der Waals surface area (Å²) < 4.78 is 23.4. The number of nitrogens with one attached hydrogen (secondary N) is 1. The summed E-state index contributed by atoms with van der Waals surface area (Å²) in [5.41, 5.74) is 2.81. The van der Waals surface area contributed by atoms with E-state index in [-0.39, 0.29) is 35.5 Å². The number of carbonyl (C=O) groups is 1. The summed E-state index contributed by atoms with van der Waals surface area (Å²) in [5, 5.41) is 13.4. The Kier molecular flexibility index (Phi) is 5.00. The average Bonchev–Trinajstić information content (AvgIpc) is 2.73. The van der Waals surface area contributed by atoms with Crippen LogP contribution in [0.5, 0.6) is 5.75 Å². The van der Waals surface area contributed by atoms with E-state index in [9.17, 15) is 18.3 Å². The molecule has 2 N–H and O–H groups in total. The molecule has 6 nitrogen and oxygen atoms in total. The lowest BCUT2D eigenvalue weighted by atomic mass is 10.1. The molecule has 0 aromatic heterocycles. The Hall–Kier alpha value is -1.41. The van der Waals surface area contributed by atoms with Crippen LogP contribution in [-0.2, 0) is 14.6 Å². The van der Waals surface area contributed by atoms with Crippen LogP contribution in [0.1, 0.15) is 18.4 Å². The highest BCUT2D eigenvalue weighted by molar-refractivity contribution is 9.10. The first-order valence-electron chi connectivity index (χ1n) is 6.36. The van der Waals surface area contributed by atoms with E-state index in [0.29, 0.717) is 12.0 Å². The molecule has 1 aromatic carbocycles. The lowest BCUT2D eigenvalue weighted by Gasteiger charge is -2.05. The maximum absolute atomic E-state index is 11.7. The molecule has 21 heavy (non-hydrogen) atoms. The van der Waals surface area contributed by atoms with E-state index in [1.54, 1.807) is 12.1 Å². The molecule has 1 fully saturated rings. The monoisotopic (exact) mass is 374 g/mol. The van der Waals surface area contributed by atoms with E-state index in [1.807, 2.05) is 0 Å². The predicted molar refractivity (Wildman–Crippen MR) is 82.9 cm³/mol. The van der Waals surface area contributed by atoms with Crippen molar-refractivity contribution in [2.45, 2.75) is 12.8 Å². The predicted octanol–water partition coefficient (Wildman–Crippen LogP) is 1.43. The van der Waals surface area contributed by atoms with Gasteiger partial charge in [0.25, 0.3) is 0 Å². The summed E-state index contributed by atoms with van der Waals surface area (Å²) in [4.78, 5) is 11.7. The number of sulfone groups is 1. The SMILES string of the molecule is O=C(C[C@@H]1CCS(=O)(=O)C1)N/N=C/c1cc(Br)ccc1O. The number of hydrogen-bond acceptors (Lipinski definition) is 5. The third kappa shape index (κ3) is 4.82. The molecule has 2 rings (SSSR count). The molecule has 0 aliphatic carbocycles. The number of phenolic OH excluding ortho intramolecular Hbond substituents is 1. The minimum atomic E-state index is -2.97. The molecule has 1 amide bonds. The summed E-state index contributed by atoms with van der Waals surface area (Å²) in [7, 11) is -2.97. The smallest absolute Gasteiger partial charge is 0.240 e. The van der Waals surface area contributed by atoms with E-state index < -0.39 is 9.84 Å². The minimum Gasteiger partial charge on any atom is -0.507 e. The van der Waals surface area contributed by atoms with Gasteiger partial charge in [-0.25, -0.2) is 13.8 Å². The minimum absolute atomic E-state index is 0.0538. The van der Waals surface area contributed by atoms with Gasteiger partial charge in [0.15, 0.2) is 9.84 Å². The fourth-order valence-electron chi connectivity index (χ4n) is 2.14. The second-order valence-electron chi connectivity index (χ2n) is 4.97. The Morgan fingerprint density at radius 3 is 2.95 bits per heavy atom. The number of halogens is 1. The lowest BCUT2D eigenvalue weighted by molar-refractivity contribution is -0.121. The summed E-state index contributed by atoms with van der Waals surface area (Å²) in [6, 6.07) is 4.86. The Balaban J connectivity index is 1.86. The summed E-state index contributed by atoms with van der Waals surface area (Å²) in [6.07, 6.45) is 2.00. The molecule has 0 saturated carbocycles. The van der Waals surface area contributed by atoms with Crippen LogP contribution in [0.15, 0.2) is 27.8 Å². The van der Waals surface area contributed by atoms with Gasteiger partial charge in [-0.1, -0.05) is 15.9 Å². The van der Waals surface area contributed by atoms with E-state index in [4.69, 9.17) is 0 Å². The van der Waals surface area contributed by atoms with Crippen molar-refractivity contribution in [1.29, 1.82) is 0 Å². The maximum Gasteiger partial charge on any atom is 0.240 e. The van der Waals surface area contributed by atoms with E-state index in [2.05, 4.69) is 26.5 Å². The van der Waals surface area contributed by atoms with Crippen molar-refractivity contribution in [3.05, 3.63) is 28.2 Å². The normalized spacial score (nSPS) is 20.7. The number of aromatic hydroxyl groups is 1. The third-order valence-electron chi connectivity index (χ3n) is 3.18. The van der Waals surface area contributed by atoms with Crippen LogP contribution in [0, 0.1) is 5.92 Å². The number of rotatable bonds is 4. The topological polar surface area (TPSA) is 95.8 Å². The molecule has 1 atom stereocenters. The van der Waals surface area contributed by atoms with Crippen molar-refractivity contribution in [3.8, 4) is 5.75 Å². The second kappa shape index (κ2) is 6.57. The fourth-order valence-corrected chi connectivity index (χ4v) is 4.38. The first-order chi connectivity index (χ1) is 9.85. The van der Waals surface area contributed by atoms with Crippen molar-refractivity contribution in [2.24, 2.45) is 11.0 Å². The van der Waals surface area contributed by atoms with Crippen LogP contribution in [0.4, 0.5) is 0 Å². The highest BCUT2D eigenvalue weighted by Gasteiger charge is 2.29. The lowest BCUT2D eigenvalue weighted by Crippen LogP contribution is -2.21. The van der Waals surface area contributed by atoms with Crippen LogP contribution in [0.25, 0.3) is 0 Å². The first kappa shape index (κ1) is 16.0. The molecule has 1 heterocycles. The molecule has 0 radical (unpaired) electrons. The van der Waals surface area contributed by atoms with Gasteiger partial charge in [-0.2, -0.15) is 5.10 Å². The molecule has 0 bridgehead atoms. The number of hydrazone groups is 1. The molecule has 0 spiro atoms. The van der Waals surface area contributed by atoms with Crippen molar-refractivity contribution >= 4 is 37.9 Å². The van der Waals surface area contributed by atoms with Crippen molar-refractivity contribution < 1.29 is 18.3 Å². The third-order valence-corrected chi connectivity index (χ3v) is 5.51. The number of nitrogens with zero attached hydrogens (tertiary/aromatic N) is 1. The van der Waals surface area contributed by atoms with E-state index in [0.717, 1.165) is 4.47 Å². The second-order valence-corrected chi connectivity index (χ2v) is 8.11. The zero-order valence-corrected chi connectivity index (χ0v) is 13.5. The van der Waals surface area contributed by atoms with Gasteiger partial charge < -0.3 is 5.11 Å². The molecule has 1 aromatic rings. The molecular formula is C13H15BrN2O4S. The van der Waals surface area contributed by atoms with Crippen LogP contribution in [0.2, 0.25) is 0 Å². The van der Waals surface area contributed by atoms with Gasteiger partial charge >= 0.3 is 0 Å². The Bertz CT molecular complexity index is 673. The summed E-state index contributed by atoms with van der Waals surface area (Å²) in [5.74, 6) is -0.193. The number of hydrogen-bond donors (Lipinski definition) is 2. The van der Waals surface area contributed by atoms with Gasteiger partial charge in [-0.15, -0.1) is 0 Å². The summed E-state index contributed by atoms with van der Waals surface area (Å²) >= 11 is 3.27. The Morgan fingerprint density at radius 2 is 2.29 bits per heavy atom. The van der Waals surface area contributed by atoms with Crippen molar-refractivity contribution in [3.63, 3.8) is 0 Å². The first-order valence-corrected chi connectivity index (χ1v) is 8.98. The molecular weight excluding hydrogens is 360 g/mol. The molecule has 1 saturated heterocycles. The van der Waals surface area contributed by atoms with Crippen LogP contribution < -0.4 is 5.43 Å². The van der Waals surface area contributed by atoms with Gasteiger partial charge in [0.1, 0.15) is 5.75 Å². The Labute approximate surface area is 131 Å². The van der Waals surface area contributed by atoms with Crippen LogP contribution in [-0.4, -0.2) is 37.2 Å². The van der Waals surface area contributed by atoms with Crippen molar-refractivity contribution in [2.75, 3.05) is 11.5 Å². The van der Waals surface area contributed by atoms with E-state index >= 15 is 0 Å². The zero-order valence-electron chi connectivity index (χ0n) is 11.1. The highest BCUT2D eigenvalue weighted by Crippen LogP contribution is 2.21. The number of amides is 1. The average molecular weight is 375 g/mol. The van der Waals surface area contributed by atoms with Gasteiger partial charge in [-0.3, -0.25) is 4.79 Å². The fraction of sp³-hybridized carbons (Fsp3) is 0.385. The molecule has 114 valence electrons.